The molecule has 0 radical (unpaired) electrons. The van der Waals surface area contributed by atoms with Gasteiger partial charge in [-0.2, -0.15) is 0 Å². The number of ether oxygens (including phenoxy) is 2. The number of nitrogens with one attached hydrogen (secondary N) is 1. The Bertz CT molecular complexity index is 404. The van der Waals surface area contributed by atoms with Crippen LogP contribution in [0.2, 0.25) is 5.02 Å². The highest BCUT2D eigenvalue weighted by Gasteiger charge is 2.16. The lowest BCUT2D eigenvalue weighted by Crippen LogP contribution is -2.27. The van der Waals surface area contributed by atoms with Crippen LogP contribution in [0, 0.1) is 0 Å². The minimum Gasteiger partial charge on any atom is -0.373 e. The van der Waals surface area contributed by atoms with Gasteiger partial charge in [-0.15, -0.1) is 0 Å². The molecule has 0 aliphatic rings. The number of halogens is 1. The molecular formula is C17H28ClNO2. The Balaban J connectivity index is 2.55. The van der Waals surface area contributed by atoms with Gasteiger partial charge in [0.25, 0.3) is 0 Å². The molecule has 4 heteroatoms. The molecule has 1 aromatic carbocycles. The molecule has 21 heavy (non-hydrogen) atoms. The summed E-state index contributed by atoms with van der Waals surface area (Å²) in [6, 6.07) is 7.85. The summed E-state index contributed by atoms with van der Waals surface area (Å²) in [4.78, 5) is 0. The van der Waals surface area contributed by atoms with Crippen molar-refractivity contribution < 1.29 is 9.47 Å². The fraction of sp³-hybridized carbons (Fsp3) is 0.647. The molecule has 0 aliphatic heterocycles. The van der Waals surface area contributed by atoms with E-state index in [4.69, 9.17) is 21.1 Å². The van der Waals surface area contributed by atoms with Crippen LogP contribution in [0.1, 0.15) is 45.8 Å². The van der Waals surface area contributed by atoms with E-state index in [0.717, 1.165) is 30.1 Å². The largest absolute Gasteiger partial charge is 0.373 e. The van der Waals surface area contributed by atoms with Gasteiger partial charge in [0.05, 0.1) is 24.9 Å². The van der Waals surface area contributed by atoms with Gasteiger partial charge >= 0.3 is 0 Å². The van der Waals surface area contributed by atoms with E-state index >= 15 is 0 Å². The zero-order valence-electron chi connectivity index (χ0n) is 13.6. The number of benzene rings is 1. The fourth-order valence-corrected chi connectivity index (χ4v) is 2.20. The Morgan fingerprint density at radius 3 is 2.52 bits per heavy atom. The smallest absolute Gasteiger partial charge is 0.0964 e. The molecule has 1 aromatic rings. The first-order valence-corrected chi connectivity index (χ1v) is 8.02. The molecule has 3 nitrogen and oxygen atoms in total. The third-order valence-electron chi connectivity index (χ3n) is 2.95. The molecule has 120 valence electrons. The predicted molar refractivity (Wildman–Crippen MR) is 89.0 cm³/mol. The maximum atomic E-state index is 6.28. The van der Waals surface area contributed by atoms with Crippen molar-refractivity contribution >= 4 is 11.6 Å². The molecule has 0 saturated heterocycles. The summed E-state index contributed by atoms with van der Waals surface area (Å²) >= 11 is 6.28. The van der Waals surface area contributed by atoms with E-state index in [9.17, 15) is 0 Å². The fourth-order valence-electron chi connectivity index (χ4n) is 1.94. The van der Waals surface area contributed by atoms with Crippen LogP contribution in [0.25, 0.3) is 0 Å². The first kappa shape index (κ1) is 18.4. The van der Waals surface area contributed by atoms with Gasteiger partial charge in [-0.05, 0) is 39.8 Å². The van der Waals surface area contributed by atoms with E-state index in [1.54, 1.807) is 0 Å². The quantitative estimate of drug-likeness (QED) is 0.693. The minimum atomic E-state index is -0.135. The van der Waals surface area contributed by atoms with Crippen molar-refractivity contribution in [3.8, 4) is 0 Å². The average Bonchev–Trinajstić information content (AvgIpc) is 2.41. The summed E-state index contributed by atoms with van der Waals surface area (Å²) in [5, 5.41) is 4.14. The highest BCUT2D eigenvalue weighted by Crippen LogP contribution is 2.25. The van der Waals surface area contributed by atoms with E-state index in [2.05, 4.69) is 12.2 Å². The van der Waals surface area contributed by atoms with Crippen LogP contribution in [0.3, 0.4) is 0 Å². The first-order valence-electron chi connectivity index (χ1n) is 7.64. The van der Waals surface area contributed by atoms with Crippen LogP contribution in [-0.2, 0) is 9.47 Å². The van der Waals surface area contributed by atoms with Crippen LogP contribution in [0.5, 0.6) is 0 Å². The van der Waals surface area contributed by atoms with Crippen molar-refractivity contribution in [2.24, 2.45) is 0 Å². The van der Waals surface area contributed by atoms with E-state index in [-0.39, 0.29) is 11.7 Å². The summed E-state index contributed by atoms with van der Waals surface area (Å²) in [5.74, 6) is 0. The number of hydrogen-bond donors (Lipinski definition) is 1. The summed E-state index contributed by atoms with van der Waals surface area (Å²) in [6.07, 6.45) is 1.05. The molecule has 1 N–H and O–H groups in total. The van der Waals surface area contributed by atoms with Crippen molar-refractivity contribution in [2.75, 3.05) is 26.3 Å². The Labute approximate surface area is 134 Å². The topological polar surface area (TPSA) is 30.5 Å². The molecular weight excluding hydrogens is 286 g/mol. The minimum absolute atomic E-state index is 0.0474. The third-order valence-corrected chi connectivity index (χ3v) is 3.29. The SMILES string of the molecule is CCCNCC(OCCOC(C)(C)C)c1ccccc1Cl. The molecule has 0 aromatic heterocycles. The standard InChI is InChI=1S/C17H28ClNO2/c1-5-10-19-13-16(14-8-6-7-9-15(14)18)20-11-12-21-17(2,3)4/h6-9,16,19H,5,10-13H2,1-4H3. The first-order chi connectivity index (χ1) is 9.94. The van der Waals surface area contributed by atoms with Gasteiger partial charge in [-0.3, -0.25) is 0 Å². The van der Waals surface area contributed by atoms with Crippen molar-refractivity contribution in [2.45, 2.75) is 45.8 Å². The summed E-state index contributed by atoms with van der Waals surface area (Å²) in [5.41, 5.74) is 0.891. The monoisotopic (exact) mass is 313 g/mol. The molecule has 0 amide bonds. The molecule has 1 unspecified atom stereocenters. The normalized spacial score (nSPS) is 13.4. The lowest BCUT2D eigenvalue weighted by Gasteiger charge is -2.23. The van der Waals surface area contributed by atoms with Crippen molar-refractivity contribution in [1.82, 2.24) is 5.32 Å². The van der Waals surface area contributed by atoms with Crippen molar-refractivity contribution in [3.05, 3.63) is 34.9 Å². The molecule has 1 atom stereocenters. The zero-order chi connectivity index (χ0) is 15.7. The molecule has 0 saturated carbocycles. The van der Waals surface area contributed by atoms with Gasteiger partial charge in [0.1, 0.15) is 0 Å². The second-order valence-electron chi connectivity index (χ2n) is 6.05. The van der Waals surface area contributed by atoms with E-state index in [1.807, 2.05) is 45.0 Å². The van der Waals surface area contributed by atoms with E-state index in [0.29, 0.717) is 13.2 Å². The van der Waals surface area contributed by atoms with Gasteiger partial charge in [0.15, 0.2) is 0 Å². The van der Waals surface area contributed by atoms with Crippen molar-refractivity contribution in [1.29, 1.82) is 0 Å². The van der Waals surface area contributed by atoms with E-state index < -0.39 is 0 Å². The van der Waals surface area contributed by atoms with Gasteiger partial charge < -0.3 is 14.8 Å². The lowest BCUT2D eigenvalue weighted by molar-refractivity contribution is -0.0518. The average molecular weight is 314 g/mol. The summed E-state index contributed by atoms with van der Waals surface area (Å²) in [7, 11) is 0. The highest BCUT2D eigenvalue weighted by atomic mass is 35.5. The van der Waals surface area contributed by atoms with Gasteiger partial charge in [-0.1, -0.05) is 36.7 Å². The van der Waals surface area contributed by atoms with Crippen LogP contribution >= 0.6 is 11.6 Å². The van der Waals surface area contributed by atoms with Crippen LogP contribution in [0.4, 0.5) is 0 Å². The van der Waals surface area contributed by atoms with Gasteiger partial charge in [0, 0.05) is 17.1 Å². The van der Waals surface area contributed by atoms with Gasteiger partial charge in [0.2, 0.25) is 0 Å². The molecule has 0 fully saturated rings. The van der Waals surface area contributed by atoms with Gasteiger partial charge in [-0.25, -0.2) is 0 Å². The second kappa shape index (κ2) is 9.42. The Hall–Kier alpha value is -0.610. The zero-order valence-corrected chi connectivity index (χ0v) is 14.4. The van der Waals surface area contributed by atoms with Crippen LogP contribution in [0.15, 0.2) is 24.3 Å². The third kappa shape index (κ3) is 7.82. The van der Waals surface area contributed by atoms with Crippen molar-refractivity contribution in [3.63, 3.8) is 0 Å². The maximum Gasteiger partial charge on any atom is 0.0964 e. The number of hydrogen-bond acceptors (Lipinski definition) is 3. The molecule has 1 rings (SSSR count). The van der Waals surface area contributed by atoms with Crippen LogP contribution < -0.4 is 5.32 Å². The second-order valence-corrected chi connectivity index (χ2v) is 6.45. The van der Waals surface area contributed by atoms with E-state index in [1.165, 1.54) is 0 Å². The molecule has 0 bridgehead atoms. The molecule has 0 spiro atoms. The summed E-state index contributed by atoms with van der Waals surface area (Å²) < 4.78 is 11.7. The maximum absolute atomic E-state index is 6.28. The Kier molecular flexibility index (Phi) is 8.27. The molecule has 0 aliphatic carbocycles. The Morgan fingerprint density at radius 1 is 1.19 bits per heavy atom. The highest BCUT2D eigenvalue weighted by molar-refractivity contribution is 6.31. The van der Waals surface area contributed by atoms with Crippen LogP contribution in [-0.4, -0.2) is 31.9 Å². The Morgan fingerprint density at radius 2 is 1.90 bits per heavy atom. The number of rotatable bonds is 9. The lowest BCUT2D eigenvalue weighted by atomic mass is 10.1. The predicted octanol–water partition coefficient (Wildman–Crippen LogP) is 4.21. The molecule has 0 heterocycles. The summed E-state index contributed by atoms with van der Waals surface area (Å²) in [6.45, 7) is 11.1.